The number of esters is 1. The van der Waals surface area contributed by atoms with Crippen LogP contribution in [-0.2, 0) is 9.53 Å². The maximum atomic E-state index is 11.0. The van der Waals surface area contributed by atoms with Crippen LogP contribution in [0.1, 0.15) is 110 Å². The summed E-state index contributed by atoms with van der Waals surface area (Å²) in [4.78, 5) is 11.0. The number of aliphatic hydroxyl groups excluding tert-OH is 1. The van der Waals surface area contributed by atoms with Crippen LogP contribution in [0.15, 0.2) is 25.3 Å². The molecule has 0 aromatic carbocycles. The molecule has 0 rings (SSSR count). The Bertz CT molecular complexity index is 313. The molecule has 0 saturated heterocycles. The van der Waals surface area contributed by atoms with Gasteiger partial charge in [0.2, 0.25) is 0 Å². The van der Waals surface area contributed by atoms with E-state index in [-0.39, 0.29) is 5.97 Å². The normalized spacial score (nSPS) is 10.0. The number of hydrogen-bond acceptors (Lipinski definition) is 3. The van der Waals surface area contributed by atoms with Gasteiger partial charge in [-0.1, -0.05) is 69.9 Å². The highest BCUT2D eigenvalue weighted by molar-refractivity contribution is 5.69. The summed E-state index contributed by atoms with van der Waals surface area (Å²) < 4.78 is 4.85. The molecule has 0 heterocycles. The van der Waals surface area contributed by atoms with Crippen molar-refractivity contribution in [3.8, 4) is 0 Å². The number of rotatable bonds is 19. The van der Waals surface area contributed by atoms with E-state index in [1.807, 2.05) is 19.1 Å². The van der Waals surface area contributed by atoms with Crippen LogP contribution in [0.25, 0.3) is 0 Å². The van der Waals surface area contributed by atoms with Gasteiger partial charge in [0, 0.05) is 13.0 Å². The third kappa shape index (κ3) is 29.9. The van der Waals surface area contributed by atoms with Crippen molar-refractivity contribution in [1.29, 1.82) is 0 Å². The minimum atomic E-state index is -0.0517. The van der Waals surface area contributed by atoms with Gasteiger partial charge in [0.15, 0.2) is 0 Å². The minimum absolute atomic E-state index is 0.0517. The van der Waals surface area contributed by atoms with Gasteiger partial charge in [-0.15, -0.1) is 13.2 Å². The van der Waals surface area contributed by atoms with Crippen molar-refractivity contribution in [2.75, 3.05) is 13.2 Å². The van der Waals surface area contributed by atoms with Gasteiger partial charge in [-0.2, -0.15) is 0 Å². The highest BCUT2D eigenvalue weighted by Gasteiger charge is 2.00. The number of carbonyl (C=O) groups is 1. The summed E-state index contributed by atoms with van der Waals surface area (Å²) in [5.74, 6) is -0.0517. The highest BCUT2D eigenvalue weighted by Crippen LogP contribution is 2.09. The maximum absolute atomic E-state index is 11.0. The van der Waals surface area contributed by atoms with Gasteiger partial charge in [0.1, 0.15) is 0 Å². The predicted octanol–water partition coefficient (Wildman–Crippen LogP) is 7.14. The molecule has 160 valence electrons. The topological polar surface area (TPSA) is 46.5 Å². The Balaban J connectivity index is 0. The van der Waals surface area contributed by atoms with Crippen molar-refractivity contribution in [2.24, 2.45) is 0 Å². The van der Waals surface area contributed by atoms with E-state index in [4.69, 9.17) is 9.84 Å². The Morgan fingerprint density at radius 1 is 0.741 bits per heavy atom. The molecule has 0 aromatic rings. The Labute approximate surface area is 169 Å². The quantitative estimate of drug-likeness (QED) is 0.147. The first-order valence-corrected chi connectivity index (χ1v) is 11.2. The monoisotopic (exact) mass is 382 g/mol. The number of ether oxygens (including phenoxy) is 1. The molecule has 0 aliphatic carbocycles. The van der Waals surface area contributed by atoms with Crippen LogP contribution < -0.4 is 0 Å². The molecule has 1 N–H and O–H groups in total. The third-order valence-electron chi connectivity index (χ3n) is 4.41. The largest absolute Gasteiger partial charge is 0.466 e. The molecule has 0 bridgehead atoms. The third-order valence-corrected chi connectivity index (χ3v) is 4.41. The summed E-state index contributed by atoms with van der Waals surface area (Å²) in [5, 5.41) is 8.53. The second kappa shape index (κ2) is 27.1. The lowest BCUT2D eigenvalue weighted by Crippen LogP contribution is -2.03. The second-order valence-electron chi connectivity index (χ2n) is 7.03. The molecule has 0 radical (unpaired) electrons. The Morgan fingerprint density at radius 3 is 1.56 bits per heavy atom. The summed E-state index contributed by atoms with van der Waals surface area (Å²) in [6.45, 7) is 10.1. The lowest BCUT2D eigenvalue weighted by molar-refractivity contribution is -0.143. The zero-order valence-electron chi connectivity index (χ0n) is 18.1. The van der Waals surface area contributed by atoms with Crippen LogP contribution in [0.3, 0.4) is 0 Å². The number of allylic oxidation sites excluding steroid dienone is 2. The van der Waals surface area contributed by atoms with Gasteiger partial charge in [-0.05, 0) is 45.4 Å². The number of aliphatic hydroxyl groups is 1. The van der Waals surface area contributed by atoms with Crippen LogP contribution in [0.5, 0.6) is 0 Å². The van der Waals surface area contributed by atoms with Gasteiger partial charge in [0.05, 0.1) is 6.61 Å². The van der Waals surface area contributed by atoms with Gasteiger partial charge >= 0.3 is 5.97 Å². The SMILES string of the molecule is C=CCCCCCCCCC(=O)OCC.C=CCCCCCCCCCO. The first-order chi connectivity index (χ1) is 13.2. The fourth-order valence-electron chi connectivity index (χ4n) is 2.78. The molecule has 27 heavy (non-hydrogen) atoms. The average molecular weight is 383 g/mol. The molecule has 0 amide bonds. The van der Waals surface area contributed by atoms with Crippen LogP contribution in [0.4, 0.5) is 0 Å². The summed E-state index contributed by atoms with van der Waals surface area (Å²) in [7, 11) is 0. The van der Waals surface area contributed by atoms with E-state index in [1.54, 1.807) is 0 Å². The minimum Gasteiger partial charge on any atom is -0.466 e. The second-order valence-corrected chi connectivity index (χ2v) is 7.03. The van der Waals surface area contributed by atoms with Gasteiger partial charge < -0.3 is 9.84 Å². The van der Waals surface area contributed by atoms with E-state index >= 15 is 0 Å². The van der Waals surface area contributed by atoms with Crippen LogP contribution >= 0.6 is 0 Å². The predicted molar refractivity (Wildman–Crippen MR) is 118 cm³/mol. The smallest absolute Gasteiger partial charge is 0.305 e. The van der Waals surface area contributed by atoms with Crippen molar-refractivity contribution in [2.45, 2.75) is 110 Å². The fourth-order valence-corrected chi connectivity index (χ4v) is 2.78. The first kappa shape index (κ1) is 28.1. The van der Waals surface area contributed by atoms with E-state index in [2.05, 4.69) is 13.2 Å². The lowest BCUT2D eigenvalue weighted by Gasteiger charge is -2.01. The standard InChI is InChI=1S/C13H24O2.C11H22O/c1-3-5-6-7-8-9-10-11-12-13(14)15-4-2;1-2-3-4-5-6-7-8-9-10-11-12/h3H,1,4-12H2,2H3;2,12H,1,3-11H2. The van der Waals surface area contributed by atoms with Crippen molar-refractivity contribution in [3.05, 3.63) is 25.3 Å². The van der Waals surface area contributed by atoms with Gasteiger partial charge in [0.25, 0.3) is 0 Å². The Hall–Kier alpha value is -1.09. The van der Waals surface area contributed by atoms with E-state index in [1.165, 1.54) is 64.2 Å². The molecule has 3 heteroatoms. The molecule has 0 atom stereocenters. The van der Waals surface area contributed by atoms with Crippen molar-refractivity contribution >= 4 is 5.97 Å². The molecular weight excluding hydrogens is 336 g/mol. The van der Waals surface area contributed by atoms with Gasteiger partial charge in [-0.25, -0.2) is 0 Å². The van der Waals surface area contributed by atoms with Crippen LogP contribution in [0.2, 0.25) is 0 Å². The van der Waals surface area contributed by atoms with E-state index in [0.29, 0.717) is 19.6 Å². The maximum Gasteiger partial charge on any atom is 0.305 e. The summed E-state index contributed by atoms with van der Waals surface area (Å²) in [6.07, 6.45) is 22.8. The number of hydrogen-bond donors (Lipinski definition) is 1. The van der Waals surface area contributed by atoms with Crippen LogP contribution in [-0.4, -0.2) is 24.3 Å². The average Bonchev–Trinajstić information content (AvgIpc) is 2.67. The van der Waals surface area contributed by atoms with Gasteiger partial charge in [-0.3, -0.25) is 4.79 Å². The van der Waals surface area contributed by atoms with Crippen molar-refractivity contribution < 1.29 is 14.6 Å². The van der Waals surface area contributed by atoms with E-state index in [9.17, 15) is 4.79 Å². The van der Waals surface area contributed by atoms with E-state index < -0.39 is 0 Å². The number of carbonyl (C=O) groups excluding carboxylic acids is 1. The van der Waals surface area contributed by atoms with Crippen LogP contribution in [0, 0.1) is 0 Å². The summed E-state index contributed by atoms with van der Waals surface area (Å²) >= 11 is 0. The molecule has 0 aromatic heterocycles. The zero-order valence-corrected chi connectivity index (χ0v) is 18.1. The molecule has 0 aliphatic heterocycles. The Kier molecular flexibility index (Phi) is 28.3. The molecule has 0 spiro atoms. The number of unbranched alkanes of at least 4 members (excludes halogenated alkanes) is 13. The molecule has 0 unspecified atom stereocenters. The fraction of sp³-hybridized carbons (Fsp3) is 0.792. The molecule has 0 saturated carbocycles. The van der Waals surface area contributed by atoms with Crippen molar-refractivity contribution in [3.63, 3.8) is 0 Å². The summed E-state index contributed by atoms with van der Waals surface area (Å²) in [6, 6.07) is 0. The lowest BCUT2D eigenvalue weighted by atomic mass is 10.1. The molecule has 3 nitrogen and oxygen atoms in total. The first-order valence-electron chi connectivity index (χ1n) is 11.2. The summed E-state index contributed by atoms with van der Waals surface area (Å²) in [5.41, 5.74) is 0. The molecular formula is C24H46O3. The van der Waals surface area contributed by atoms with E-state index in [0.717, 1.165) is 32.1 Å². The highest BCUT2D eigenvalue weighted by atomic mass is 16.5. The molecule has 0 aliphatic rings. The van der Waals surface area contributed by atoms with Crippen molar-refractivity contribution in [1.82, 2.24) is 0 Å². The zero-order chi connectivity index (χ0) is 20.4. The Morgan fingerprint density at radius 2 is 1.15 bits per heavy atom. The molecule has 0 fully saturated rings.